The molecule has 0 amide bonds. The van der Waals surface area contributed by atoms with Crippen LogP contribution in [0.2, 0.25) is 0 Å². The van der Waals surface area contributed by atoms with Crippen LogP contribution in [0.1, 0.15) is 6.42 Å². The zero-order chi connectivity index (χ0) is 9.52. The molecule has 0 spiro atoms. The molecule has 1 unspecified atom stereocenters. The molecule has 1 heterocycles. The fraction of sp³-hybridized carbons (Fsp3) is 1.00. The Bertz CT molecular complexity index is 162. The highest BCUT2D eigenvalue weighted by atomic mass is 32.2. The topological polar surface area (TPSA) is 93.3 Å². The second-order valence-corrected chi connectivity index (χ2v) is 3.48. The van der Waals surface area contributed by atoms with E-state index in [4.69, 9.17) is 4.74 Å². The summed E-state index contributed by atoms with van der Waals surface area (Å²) in [6, 6.07) is 0. The van der Waals surface area contributed by atoms with Gasteiger partial charge in [-0.15, -0.1) is 0 Å². The first kappa shape index (κ1) is 13.9. The number of hydrogen-bond acceptors (Lipinski definition) is 5. The molecule has 7 heteroatoms. The molecule has 0 aromatic rings. The lowest BCUT2D eigenvalue weighted by Crippen LogP contribution is -2.37. The first-order valence-corrected chi connectivity index (χ1v) is 5.31. The van der Waals surface area contributed by atoms with Crippen LogP contribution in [0.15, 0.2) is 0 Å². The monoisotopic (exact) mass is 226 g/mol. The van der Waals surface area contributed by atoms with Crippen LogP contribution in [0.25, 0.3) is 0 Å². The molecule has 1 aliphatic heterocycles. The normalized spacial score (nSPS) is 20.1. The quantitative estimate of drug-likeness (QED) is 0.429. The molecule has 0 bridgehead atoms. The Kier molecular flexibility index (Phi) is 8.24. The Balaban J connectivity index is 0.00000169. The molecular weight excluding hydrogens is 210 g/mol. The van der Waals surface area contributed by atoms with Gasteiger partial charge in [-0.05, 0) is 6.42 Å². The van der Waals surface area contributed by atoms with Gasteiger partial charge in [0.15, 0.2) is 0 Å². The molecule has 0 aromatic heterocycles. The molecule has 0 aliphatic carbocycles. The largest absolute Gasteiger partial charge is 0.750 e. The van der Waals surface area contributed by atoms with E-state index in [1.165, 1.54) is 0 Å². The summed E-state index contributed by atoms with van der Waals surface area (Å²) in [6.07, 6.45) is 0.744. The van der Waals surface area contributed by atoms with Gasteiger partial charge in [-0.2, -0.15) is 0 Å². The standard InChI is InChI=1S/C7H15NO4S.H2O/c9-13(10)12-5-1-2-8-3-6-11-7-4-8;/h1-7H2,(H,9,10);1H2/p-1. The summed E-state index contributed by atoms with van der Waals surface area (Å²) < 4.78 is 29.6. The SMILES string of the molecule is O.O=S([O-])OCCCN1CCOCC1. The van der Waals surface area contributed by atoms with E-state index in [-0.39, 0.29) is 12.1 Å². The van der Waals surface area contributed by atoms with Crippen molar-refractivity contribution in [1.82, 2.24) is 4.90 Å². The van der Waals surface area contributed by atoms with Gasteiger partial charge in [0.25, 0.3) is 0 Å². The summed E-state index contributed by atoms with van der Waals surface area (Å²) in [5, 5.41) is 0. The van der Waals surface area contributed by atoms with Gasteiger partial charge in [-0.3, -0.25) is 4.90 Å². The van der Waals surface area contributed by atoms with Gasteiger partial charge in [0.1, 0.15) is 0 Å². The van der Waals surface area contributed by atoms with Crippen molar-refractivity contribution in [2.45, 2.75) is 6.42 Å². The third-order valence-electron chi connectivity index (χ3n) is 1.90. The Morgan fingerprint density at radius 2 is 2.07 bits per heavy atom. The minimum Gasteiger partial charge on any atom is -0.750 e. The number of hydrogen-bond donors (Lipinski definition) is 0. The van der Waals surface area contributed by atoms with Crippen LogP contribution in [-0.4, -0.2) is 58.6 Å². The molecule has 0 radical (unpaired) electrons. The number of ether oxygens (including phenoxy) is 1. The van der Waals surface area contributed by atoms with Gasteiger partial charge in [0, 0.05) is 19.6 Å². The van der Waals surface area contributed by atoms with Crippen LogP contribution >= 0.6 is 0 Å². The molecule has 86 valence electrons. The predicted molar refractivity (Wildman–Crippen MR) is 50.4 cm³/mol. The maximum absolute atomic E-state index is 9.99. The van der Waals surface area contributed by atoms with Crippen LogP contribution in [0, 0.1) is 0 Å². The van der Waals surface area contributed by atoms with Gasteiger partial charge in [0.2, 0.25) is 0 Å². The first-order chi connectivity index (χ1) is 6.29. The molecule has 0 aromatic carbocycles. The van der Waals surface area contributed by atoms with E-state index >= 15 is 0 Å². The summed E-state index contributed by atoms with van der Waals surface area (Å²) in [5.74, 6) is 0. The van der Waals surface area contributed by atoms with Crippen molar-refractivity contribution in [2.75, 3.05) is 39.5 Å². The lowest BCUT2D eigenvalue weighted by molar-refractivity contribution is 0.0358. The zero-order valence-electron chi connectivity index (χ0n) is 7.94. The Morgan fingerprint density at radius 1 is 1.43 bits per heavy atom. The maximum atomic E-state index is 9.99. The third kappa shape index (κ3) is 6.41. The van der Waals surface area contributed by atoms with Crippen LogP contribution < -0.4 is 0 Å². The predicted octanol–water partition coefficient (Wildman–Crippen LogP) is -1.31. The summed E-state index contributed by atoms with van der Waals surface area (Å²) in [4.78, 5) is 2.24. The lowest BCUT2D eigenvalue weighted by atomic mass is 10.3. The maximum Gasteiger partial charge on any atom is 0.0842 e. The molecule has 1 aliphatic rings. The molecule has 1 atom stereocenters. The van der Waals surface area contributed by atoms with Crippen molar-refractivity contribution < 1.29 is 23.2 Å². The average Bonchev–Trinajstić information content (AvgIpc) is 2.14. The molecule has 14 heavy (non-hydrogen) atoms. The number of rotatable bonds is 5. The van der Waals surface area contributed by atoms with Crippen molar-refractivity contribution in [2.24, 2.45) is 0 Å². The molecule has 0 saturated carbocycles. The van der Waals surface area contributed by atoms with Crippen molar-refractivity contribution >= 4 is 11.4 Å². The van der Waals surface area contributed by atoms with Crippen molar-refractivity contribution in [3.05, 3.63) is 0 Å². The average molecular weight is 226 g/mol. The third-order valence-corrected chi connectivity index (χ3v) is 2.26. The van der Waals surface area contributed by atoms with Gasteiger partial charge in [-0.1, -0.05) is 0 Å². The molecule has 1 fully saturated rings. The number of nitrogens with zero attached hydrogens (tertiary/aromatic N) is 1. The summed E-state index contributed by atoms with van der Waals surface area (Å²) in [6.45, 7) is 4.55. The van der Waals surface area contributed by atoms with E-state index in [0.29, 0.717) is 0 Å². The van der Waals surface area contributed by atoms with Crippen LogP contribution in [-0.2, 0) is 20.3 Å². The molecule has 1 rings (SSSR count). The second kappa shape index (κ2) is 8.27. The van der Waals surface area contributed by atoms with Gasteiger partial charge in [-0.25, -0.2) is 4.21 Å². The highest BCUT2D eigenvalue weighted by molar-refractivity contribution is 7.74. The lowest BCUT2D eigenvalue weighted by Gasteiger charge is -2.26. The minimum absolute atomic E-state index is 0. The van der Waals surface area contributed by atoms with E-state index in [0.717, 1.165) is 39.3 Å². The summed E-state index contributed by atoms with van der Waals surface area (Å²) in [5.41, 5.74) is 0. The zero-order valence-corrected chi connectivity index (χ0v) is 8.75. The highest BCUT2D eigenvalue weighted by Gasteiger charge is 2.08. The van der Waals surface area contributed by atoms with Crippen LogP contribution in [0.3, 0.4) is 0 Å². The first-order valence-electron chi connectivity index (χ1n) is 4.31. The molecular formula is C7H16NO5S-. The Labute approximate surface area is 86.0 Å². The second-order valence-electron chi connectivity index (χ2n) is 2.83. The van der Waals surface area contributed by atoms with Gasteiger partial charge in [0.05, 0.1) is 31.2 Å². The van der Waals surface area contributed by atoms with Crippen molar-refractivity contribution in [3.63, 3.8) is 0 Å². The summed E-state index contributed by atoms with van der Waals surface area (Å²) in [7, 11) is 0. The Hall–Kier alpha value is -0.0500. The van der Waals surface area contributed by atoms with E-state index in [2.05, 4.69) is 9.08 Å². The minimum atomic E-state index is -2.37. The van der Waals surface area contributed by atoms with E-state index < -0.39 is 11.4 Å². The molecule has 2 N–H and O–H groups in total. The fourth-order valence-electron chi connectivity index (χ4n) is 1.24. The fourth-order valence-corrected chi connectivity index (χ4v) is 1.49. The van der Waals surface area contributed by atoms with Crippen LogP contribution in [0.4, 0.5) is 0 Å². The number of morpholine rings is 1. The molecule has 1 saturated heterocycles. The smallest absolute Gasteiger partial charge is 0.0842 e. The van der Waals surface area contributed by atoms with Crippen molar-refractivity contribution in [1.29, 1.82) is 0 Å². The van der Waals surface area contributed by atoms with E-state index in [9.17, 15) is 8.76 Å². The Morgan fingerprint density at radius 3 is 2.64 bits per heavy atom. The van der Waals surface area contributed by atoms with E-state index in [1.54, 1.807) is 0 Å². The highest BCUT2D eigenvalue weighted by Crippen LogP contribution is 1.98. The van der Waals surface area contributed by atoms with Crippen LogP contribution in [0.5, 0.6) is 0 Å². The van der Waals surface area contributed by atoms with E-state index in [1.807, 2.05) is 0 Å². The van der Waals surface area contributed by atoms with Crippen molar-refractivity contribution in [3.8, 4) is 0 Å². The van der Waals surface area contributed by atoms with Gasteiger partial charge < -0.3 is 18.9 Å². The van der Waals surface area contributed by atoms with Gasteiger partial charge >= 0.3 is 0 Å². The molecule has 6 nitrogen and oxygen atoms in total. The summed E-state index contributed by atoms with van der Waals surface area (Å²) >= 11 is -2.37.